The Morgan fingerprint density at radius 3 is 3.11 bits per heavy atom. The molecule has 6 heteroatoms. The lowest BCUT2D eigenvalue weighted by Gasteiger charge is -2.25. The van der Waals surface area contributed by atoms with Crippen molar-refractivity contribution in [3.05, 3.63) is 41.3 Å². The third-order valence-corrected chi connectivity index (χ3v) is 3.72. The van der Waals surface area contributed by atoms with Crippen molar-refractivity contribution >= 4 is 10.9 Å². The Morgan fingerprint density at radius 2 is 2.21 bits per heavy atom. The maximum absolute atomic E-state index is 4.01. The molecule has 4 rings (SSSR count). The van der Waals surface area contributed by atoms with Crippen LogP contribution < -0.4 is 0 Å². The van der Waals surface area contributed by atoms with Crippen molar-refractivity contribution in [3.8, 4) is 0 Å². The summed E-state index contributed by atoms with van der Waals surface area (Å²) in [7, 11) is 0. The van der Waals surface area contributed by atoms with Crippen molar-refractivity contribution < 1.29 is 0 Å². The van der Waals surface area contributed by atoms with Gasteiger partial charge in [-0.05, 0) is 18.1 Å². The minimum atomic E-state index is 0.741. The molecule has 0 aliphatic carbocycles. The van der Waals surface area contributed by atoms with Crippen molar-refractivity contribution in [2.75, 3.05) is 6.54 Å². The van der Waals surface area contributed by atoms with Gasteiger partial charge in [0, 0.05) is 29.7 Å². The van der Waals surface area contributed by atoms with Crippen LogP contribution in [0.2, 0.25) is 0 Å². The van der Waals surface area contributed by atoms with E-state index in [1.807, 2.05) is 0 Å². The molecule has 2 aromatic heterocycles. The number of benzene rings is 1. The van der Waals surface area contributed by atoms with Crippen LogP contribution in [0.1, 0.15) is 17.1 Å². The van der Waals surface area contributed by atoms with Crippen molar-refractivity contribution in [2.45, 2.75) is 19.5 Å². The molecule has 0 amide bonds. The predicted molar refractivity (Wildman–Crippen MR) is 70.3 cm³/mol. The zero-order valence-corrected chi connectivity index (χ0v) is 10.4. The Balaban J connectivity index is 1.63. The Hall–Kier alpha value is -2.21. The monoisotopic (exact) mass is 254 g/mol. The van der Waals surface area contributed by atoms with Crippen molar-refractivity contribution in [1.82, 2.24) is 30.5 Å². The van der Waals surface area contributed by atoms with Gasteiger partial charge in [0.15, 0.2) is 5.82 Å². The molecular formula is C13H14N6. The number of aromatic nitrogens is 5. The first-order valence-corrected chi connectivity index (χ1v) is 6.43. The molecule has 0 saturated heterocycles. The lowest BCUT2D eigenvalue weighted by Crippen LogP contribution is -2.30. The Morgan fingerprint density at radius 1 is 1.26 bits per heavy atom. The molecule has 0 saturated carbocycles. The number of H-pyrrole nitrogens is 2. The highest BCUT2D eigenvalue weighted by molar-refractivity contribution is 5.84. The van der Waals surface area contributed by atoms with E-state index in [9.17, 15) is 0 Å². The number of rotatable bonds is 2. The lowest BCUT2D eigenvalue weighted by atomic mass is 10.0. The SMILES string of the molecule is c1ccc2c3c([nH]c2c1)CN(Cc1nn[nH]n1)CC3. The topological polar surface area (TPSA) is 73.5 Å². The van der Waals surface area contributed by atoms with E-state index in [1.165, 1.54) is 22.2 Å². The van der Waals surface area contributed by atoms with Crippen LogP contribution in [0.4, 0.5) is 0 Å². The molecule has 1 aromatic carbocycles. The van der Waals surface area contributed by atoms with Gasteiger partial charge < -0.3 is 4.98 Å². The van der Waals surface area contributed by atoms with Crippen LogP contribution in [-0.4, -0.2) is 37.1 Å². The molecule has 2 N–H and O–H groups in total. The second-order valence-electron chi connectivity index (χ2n) is 4.92. The lowest BCUT2D eigenvalue weighted by molar-refractivity contribution is 0.237. The van der Waals surface area contributed by atoms with Gasteiger partial charge in [0.1, 0.15) is 0 Å². The maximum Gasteiger partial charge on any atom is 0.188 e. The number of fused-ring (bicyclic) bond motifs is 3. The summed E-state index contributed by atoms with van der Waals surface area (Å²) in [5, 5.41) is 15.5. The van der Waals surface area contributed by atoms with Crippen LogP contribution in [0.25, 0.3) is 10.9 Å². The zero-order chi connectivity index (χ0) is 12.7. The smallest absolute Gasteiger partial charge is 0.188 e. The van der Waals surface area contributed by atoms with Gasteiger partial charge in [-0.3, -0.25) is 4.90 Å². The molecule has 3 heterocycles. The molecule has 19 heavy (non-hydrogen) atoms. The highest BCUT2D eigenvalue weighted by atomic mass is 15.5. The van der Waals surface area contributed by atoms with E-state index in [0.29, 0.717) is 0 Å². The number of tetrazole rings is 1. The van der Waals surface area contributed by atoms with Gasteiger partial charge in [0.05, 0.1) is 6.54 Å². The summed E-state index contributed by atoms with van der Waals surface area (Å²) in [6.07, 6.45) is 1.07. The van der Waals surface area contributed by atoms with E-state index < -0.39 is 0 Å². The first kappa shape index (κ1) is 10.7. The standard InChI is InChI=1S/C13H14N6/c1-2-4-11-9(3-1)10-5-6-19(7-12(10)14-11)8-13-15-17-18-16-13/h1-4,14H,5-8H2,(H,15,16,17,18). The molecule has 1 aliphatic rings. The summed E-state index contributed by atoms with van der Waals surface area (Å²) in [5.41, 5.74) is 4.00. The molecule has 0 unspecified atom stereocenters. The molecule has 0 spiro atoms. The quantitative estimate of drug-likeness (QED) is 0.721. The fraction of sp³-hybridized carbons (Fsp3) is 0.308. The van der Waals surface area contributed by atoms with Crippen LogP contribution in [0.5, 0.6) is 0 Å². The Bertz CT molecular complexity index is 699. The van der Waals surface area contributed by atoms with E-state index in [1.54, 1.807) is 0 Å². The van der Waals surface area contributed by atoms with Crippen molar-refractivity contribution in [2.24, 2.45) is 0 Å². The molecular weight excluding hydrogens is 240 g/mol. The molecule has 6 nitrogen and oxygen atoms in total. The first-order chi connectivity index (χ1) is 9.40. The first-order valence-electron chi connectivity index (χ1n) is 6.43. The van der Waals surface area contributed by atoms with E-state index in [-0.39, 0.29) is 0 Å². The van der Waals surface area contributed by atoms with Gasteiger partial charge in [-0.15, -0.1) is 10.2 Å². The highest BCUT2D eigenvalue weighted by Gasteiger charge is 2.21. The molecule has 0 fully saturated rings. The Kier molecular flexibility index (Phi) is 2.34. The van der Waals surface area contributed by atoms with Gasteiger partial charge in [0.2, 0.25) is 0 Å². The van der Waals surface area contributed by atoms with Gasteiger partial charge in [0.25, 0.3) is 0 Å². The number of para-hydroxylation sites is 1. The maximum atomic E-state index is 4.01. The van der Waals surface area contributed by atoms with E-state index in [4.69, 9.17) is 0 Å². The molecule has 1 aliphatic heterocycles. The predicted octanol–water partition coefficient (Wildman–Crippen LogP) is 1.24. The minimum Gasteiger partial charge on any atom is -0.357 e. The number of hydrogen-bond acceptors (Lipinski definition) is 4. The van der Waals surface area contributed by atoms with Crippen molar-refractivity contribution in [1.29, 1.82) is 0 Å². The van der Waals surface area contributed by atoms with Crippen LogP contribution in [0.15, 0.2) is 24.3 Å². The van der Waals surface area contributed by atoms with E-state index in [2.05, 4.69) is 54.8 Å². The van der Waals surface area contributed by atoms with Crippen LogP contribution in [-0.2, 0) is 19.5 Å². The highest BCUT2D eigenvalue weighted by Crippen LogP contribution is 2.27. The molecule has 0 atom stereocenters. The summed E-state index contributed by atoms with van der Waals surface area (Å²) in [6, 6.07) is 8.50. The van der Waals surface area contributed by atoms with Gasteiger partial charge in [-0.2, -0.15) is 5.21 Å². The summed E-state index contributed by atoms with van der Waals surface area (Å²) in [4.78, 5) is 5.86. The number of hydrogen-bond donors (Lipinski definition) is 2. The third-order valence-electron chi connectivity index (χ3n) is 3.72. The van der Waals surface area contributed by atoms with Gasteiger partial charge >= 0.3 is 0 Å². The molecule has 0 bridgehead atoms. The average Bonchev–Trinajstić information content (AvgIpc) is 3.05. The van der Waals surface area contributed by atoms with Crippen LogP contribution >= 0.6 is 0 Å². The zero-order valence-electron chi connectivity index (χ0n) is 10.4. The molecule has 96 valence electrons. The molecule has 0 radical (unpaired) electrons. The average molecular weight is 254 g/mol. The minimum absolute atomic E-state index is 0.741. The van der Waals surface area contributed by atoms with E-state index in [0.717, 1.165) is 31.9 Å². The number of nitrogens with one attached hydrogen (secondary N) is 2. The third kappa shape index (κ3) is 1.80. The van der Waals surface area contributed by atoms with Gasteiger partial charge in [-0.25, -0.2) is 0 Å². The number of aromatic amines is 2. The van der Waals surface area contributed by atoms with E-state index >= 15 is 0 Å². The fourth-order valence-electron chi connectivity index (χ4n) is 2.83. The summed E-state index contributed by atoms with van der Waals surface area (Å²) in [5.74, 6) is 0.750. The normalized spacial score (nSPS) is 15.8. The van der Waals surface area contributed by atoms with Gasteiger partial charge in [-0.1, -0.05) is 23.4 Å². The fourth-order valence-corrected chi connectivity index (χ4v) is 2.83. The van der Waals surface area contributed by atoms with Crippen LogP contribution in [0.3, 0.4) is 0 Å². The summed E-state index contributed by atoms with van der Waals surface area (Å²) < 4.78 is 0. The second-order valence-corrected chi connectivity index (χ2v) is 4.92. The summed E-state index contributed by atoms with van der Waals surface area (Å²) >= 11 is 0. The summed E-state index contributed by atoms with van der Waals surface area (Å²) in [6.45, 7) is 2.69. The second kappa shape index (κ2) is 4.17. The largest absolute Gasteiger partial charge is 0.357 e. The molecule has 3 aromatic rings. The van der Waals surface area contributed by atoms with Crippen LogP contribution in [0, 0.1) is 0 Å². The Labute approximate surface area is 109 Å². The van der Waals surface area contributed by atoms with Crippen molar-refractivity contribution in [3.63, 3.8) is 0 Å². The number of nitrogens with zero attached hydrogens (tertiary/aromatic N) is 4.